The number of amides is 1. The van der Waals surface area contributed by atoms with Crippen LogP contribution in [0.4, 0.5) is 23.2 Å². The maximum absolute atomic E-state index is 12.4. The van der Waals surface area contributed by atoms with Crippen LogP contribution >= 0.6 is 0 Å². The van der Waals surface area contributed by atoms with Crippen LogP contribution in [-0.2, 0) is 0 Å². The maximum atomic E-state index is 12.4. The number of hydrogen-bond acceptors (Lipinski definition) is 3. The first-order valence-corrected chi connectivity index (χ1v) is 6.07. The van der Waals surface area contributed by atoms with Crippen molar-refractivity contribution in [3.05, 3.63) is 41.7 Å². The number of carbonyl (C=O) groups excluding carboxylic acids is 1. The molecule has 0 aliphatic rings. The molecule has 0 saturated heterocycles. The van der Waals surface area contributed by atoms with Gasteiger partial charge < -0.3 is 10.1 Å². The van der Waals surface area contributed by atoms with Gasteiger partial charge in [0, 0.05) is 6.20 Å². The van der Waals surface area contributed by atoms with E-state index in [4.69, 9.17) is 0 Å². The van der Waals surface area contributed by atoms with Crippen LogP contribution < -0.4 is 10.1 Å². The Balaban J connectivity index is 2.21. The van der Waals surface area contributed by atoms with Crippen LogP contribution in [0.1, 0.15) is 22.6 Å². The average Bonchev–Trinajstić information content (AvgIpc) is 2.91. The lowest BCUT2D eigenvalue weighted by molar-refractivity contribution is -0.0493. The molecule has 9 heteroatoms. The molecular formula is C13H11F4N3O2. The van der Waals surface area contributed by atoms with Gasteiger partial charge in [0.1, 0.15) is 5.75 Å². The number of carbonyl (C=O) groups is 1. The largest absolute Gasteiger partial charge is 0.433 e. The number of alkyl halides is 4. The molecule has 118 valence electrons. The highest BCUT2D eigenvalue weighted by molar-refractivity contribution is 6.03. The third kappa shape index (κ3) is 3.74. The highest BCUT2D eigenvalue weighted by Crippen LogP contribution is 2.27. The van der Waals surface area contributed by atoms with Gasteiger partial charge in [0.2, 0.25) is 0 Å². The lowest BCUT2D eigenvalue weighted by atomic mass is 10.2. The van der Waals surface area contributed by atoms with Gasteiger partial charge in [-0.05, 0) is 30.7 Å². The van der Waals surface area contributed by atoms with Gasteiger partial charge in [-0.1, -0.05) is 6.07 Å². The highest BCUT2D eigenvalue weighted by Gasteiger charge is 2.16. The summed E-state index contributed by atoms with van der Waals surface area (Å²) in [5.74, 6) is -1.05. The zero-order valence-electron chi connectivity index (χ0n) is 11.3. The van der Waals surface area contributed by atoms with Gasteiger partial charge in [-0.25, -0.2) is 4.68 Å². The van der Waals surface area contributed by atoms with E-state index in [-0.39, 0.29) is 17.1 Å². The molecule has 1 heterocycles. The molecule has 2 rings (SSSR count). The number of anilines is 1. The van der Waals surface area contributed by atoms with Crippen LogP contribution in [0.2, 0.25) is 0 Å². The van der Waals surface area contributed by atoms with Gasteiger partial charge >= 0.3 is 13.2 Å². The van der Waals surface area contributed by atoms with Crippen molar-refractivity contribution in [1.29, 1.82) is 0 Å². The van der Waals surface area contributed by atoms with Crippen LogP contribution in [0.3, 0.4) is 0 Å². The Bertz CT molecular complexity index is 673. The molecule has 1 amide bonds. The number of rotatable bonds is 5. The molecule has 1 N–H and O–H groups in total. The topological polar surface area (TPSA) is 56.1 Å². The van der Waals surface area contributed by atoms with E-state index in [0.29, 0.717) is 10.2 Å². The summed E-state index contributed by atoms with van der Waals surface area (Å²) in [6.45, 7) is -4.25. The summed E-state index contributed by atoms with van der Waals surface area (Å²) >= 11 is 0. The zero-order valence-corrected chi connectivity index (χ0v) is 11.3. The fourth-order valence-corrected chi connectivity index (χ4v) is 1.69. The Morgan fingerprint density at radius 3 is 2.59 bits per heavy atom. The summed E-state index contributed by atoms with van der Waals surface area (Å²) in [5.41, 5.74) is 0.414. The van der Waals surface area contributed by atoms with Crippen molar-refractivity contribution >= 4 is 11.6 Å². The average molecular weight is 317 g/mol. The number of benzene rings is 1. The van der Waals surface area contributed by atoms with Crippen molar-refractivity contribution in [3.63, 3.8) is 0 Å². The van der Waals surface area contributed by atoms with Gasteiger partial charge in [-0.15, -0.1) is 0 Å². The molecule has 1 aromatic heterocycles. The second kappa shape index (κ2) is 6.46. The molecule has 2 aromatic rings. The van der Waals surface area contributed by atoms with Crippen molar-refractivity contribution in [2.45, 2.75) is 20.1 Å². The Hall–Kier alpha value is -2.58. The molecule has 0 atom stereocenters. The summed E-state index contributed by atoms with van der Waals surface area (Å²) in [5, 5.41) is 5.69. The molecule has 0 fully saturated rings. The first kappa shape index (κ1) is 15.8. The van der Waals surface area contributed by atoms with Crippen molar-refractivity contribution in [1.82, 2.24) is 9.78 Å². The lowest BCUT2D eigenvalue weighted by Crippen LogP contribution is -2.15. The number of halogens is 4. The Kier molecular flexibility index (Phi) is 4.64. The van der Waals surface area contributed by atoms with E-state index in [1.807, 2.05) is 0 Å². The Morgan fingerprint density at radius 1 is 1.27 bits per heavy atom. The fraction of sp³-hybridized carbons (Fsp3) is 0.231. The molecule has 0 radical (unpaired) electrons. The van der Waals surface area contributed by atoms with Crippen molar-refractivity contribution in [2.75, 3.05) is 5.32 Å². The van der Waals surface area contributed by atoms with Gasteiger partial charge in [0.05, 0.1) is 5.69 Å². The number of nitrogens with one attached hydrogen (secondary N) is 1. The van der Waals surface area contributed by atoms with E-state index in [9.17, 15) is 22.4 Å². The molecule has 0 bridgehead atoms. The minimum absolute atomic E-state index is 0.00287. The normalized spacial score (nSPS) is 11.0. The summed E-state index contributed by atoms with van der Waals surface area (Å²) in [6, 6.07) is 5.30. The molecular weight excluding hydrogens is 306 g/mol. The van der Waals surface area contributed by atoms with Gasteiger partial charge in [0.15, 0.2) is 5.69 Å². The van der Waals surface area contributed by atoms with Crippen LogP contribution in [0.5, 0.6) is 5.75 Å². The van der Waals surface area contributed by atoms with E-state index in [1.165, 1.54) is 18.2 Å². The van der Waals surface area contributed by atoms with Crippen molar-refractivity contribution in [2.24, 2.45) is 0 Å². The van der Waals surface area contributed by atoms with E-state index in [1.54, 1.807) is 6.92 Å². The number of ether oxygens (including phenoxy) is 1. The molecule has 0 aliphatic carbocycles. The zero-order chi connectivity index (χ0) is 16.3. The molecule has 5 nitrogen and oxygen atoms in total. The first-order chi connectivity index (χ1) is 10.4. The predicted molar refractivity (Wildman–Crippen MR) is 69.2 cm³/mol. The van der Waals surface area contributed by atoms with Crippen LogP contribution in [-0.4, -0.2) is 22.3 Å². The molecule has 1 aromatic carbocycles. The number of nitrogens with zero attached hydrogens (tertiary/aromatic N) is 2. The maximum Gasteiger partial charge on any atom is 0.387 e. The third-order valence-electron chi connectivity index (χ3n) is 2.64. The predicted octanol–water partition coefficient (Wildman–Crippen LogP) is 3.44. The molecule has 0 saturated carbocycles. The summed E-state index contributed by atoms with van der Waals surface area (Å²) < 4.78 is 54.0. The van der Waals surface area contributed by atoms with Gasteiger partial charge in [-0.3, -0.25) is 4.79 Å². The van der Waals surface area contributed by atoms with Crippen LogP contribution in [0, 0.1) is 6.92 Å². The van der Waals surface area contributed by atoms with E-state index < -0.39 is 19.1 Å². The number of hydrogen-bond donors (Lipinski definition) is 1. The minimum atomic E-state index is -3.06. The molecule has 0 spiro atoms. The second-order valence-electron chi connectivity index (χ2n) is 4.29. The van der Waals surface area contributed by atoms with Gasteiger partial charge in [0.25, 0.3) is 5.91 Å². The third-order valence-corrected chi connectivity index (χ3v) is 2.64. The molecule has 0 unspecified atom stereocenters. The number of aromatic nitrogens is 2. The summed E-state index contributed by atoms with van der Waals surface area (Å²) in [4.78, 5) is 11.9. The number of aryl methyl sites for hydroxylation is 1. The monoisotopic (exact) mass is 317 g/mol. The first-order valence-electron chi connectivity index (χ1n) is 6.07. The fourth-order valence-electron chi connectivity index (χ4n) is 1.69. The summed E-state index contributed by atoms with van der Waals surface area (Å²) in [7, 11) is 0. The Labute approximate surface area is 122 Å². The van der Waals surface area contributed by atoms with Crippen LogP contribution in [0.15, 0.2) is 30.5 Å². The van der Waals surface area contributed by atoms with Gasteiger partial charge in [-0.2, -0.15) is 22.7 Å². The van der Waals surface area contributed by atoms with Crippen LogP contribution in [0.25, 0.3) is 0 Å². The minimum Gasteiger partial charge on any atom is -0.433 e. The quantitative estimate of drug-likeness (QED) is 0.860. The summed E-state index contributed by atoms with van der Waals surface area (Å²) in [6.07, 6.45) is 0.937. The SMILES string of the molecule is Cc1ccc(OC(F)F)c(NC(=O)c2ccn(C(F)F)n2)c1. The lowest BCUT2D eigenvalue weighted by Gasteiger charge is -2.12. The van der Waals surface area contributed by atoms with Crippen molar-refractivity contribution < 1.29 is 27.1 Å². The smallest absolute Gasteiger partial charge is 0.387 e. The van der Waals surface area contributed by atoms with E-state index in [0.717, 1.165) is 12.3 Å². The standard InChI is InChI=1S/C13H11F4N3O2/c1-7-2-3-10(22-13(16)17)9(6-7)18-11(21)8-4-5-20(19-8)12(14)15/h2-6,12-13H,1H3,(H,18,21). The van der Waals surface area contributed by atoms with E-state index >= 15 is 0 Å². The molecule has 0 aliphatic heterocycles. The second-order valence-corrected chi connectivity index (χ2v) is 4.29. The Morgan fingerprint density at radius 2 is 2.00 bits per heavy atom. The van der Waals surface area contributed by atoms with Crippen molar-refractivity contribution in [3.8, 4) is 5.75 Å². The molecule has 22 heavy (non-hydrogen) atoms. The van der Waals surface area contributed by atoms with E-state index in [2.05, 4.69) is 15.2 Å². The highest BCUT2D eigenvalue weighted by atomic mass is 19.3.